The van der Waals surface area contributed by atoms with E-state index in [0.717, 1.165) is 22.1 Å². The molecule has 100 valence electrons. The molecule has 3 rings (SSSR count). The molecule has 0 heterocycles. The topological polar surface area (TPSA) is 35.2 Å². The fourth-order valence-corrected chi connectivity index (χ4v) is 2.30. The van der Waals surface area contributed by atoms with Gasteiger partial charge in [-0.2, -0.15) is 0 Å². The summed E-state index contributed by atoms with van der Waals surface area (Å²) >= 11 is 0. The third-order valence-electron chi connectivity index (χ3n) is 3.37. The first kappa shape index (κ1) is 12.5. The Balaban J connectivity index is 2.15. The number of hydrogen-bond acceptors (Lipinski definition) is 2. The molecule has 3 aromatic carbocycles. The number of hydrogen-bond donors (Lipinski definition) is 1. The Hall–Kier alpha value is -2.55. The molecule has 0 fully saturated rings. The first-order valence-corrected chi connectivity index (χ1v) is 6.30. The van der Waals surface area contributed by atoms with Gasteiger partial charge in [-0.05, 0) is 52.7 Å². The second kappa shape index (κ2) is 4.85. The Kier molecular flexibility index (Phi) is 3.03. The standard InChI is InChI=1S/C17H14FNO/c1-20-15-6-4-11-8-13(3-2-12(11)9-15)16-10-14(18)5-7-17(16)19/h2-10H,19H2,1H3. The highest BCUT2D eigenvalue weighted by atomic mass is 19.1. The highest BCUT2D eigenvalue weighted by molar-refractivity contribution is 5.90. The average molecular weight is 267 g/mol. The van der Waals surface area contributed by atoms with Crippen LogP contribution < -0.4 is 10.5 Å². The molecule has 0 aliphatic carbocycles. The van der Waals surface area contributed by atoms with Crippen molar-refractivity contribution in [2.45, 2.75) is 0 Å². The van der Waals surface area contributed by atoms with E-state index in [0.29, 0.717) is 11.3 Å². The molecule has 0 bridgehead atoms. The van der Waals surface area contributed by atoms with Gasteiger partial charge in [0.1, 0.15) is 11.6 Å². The molecule has 0 aliphatic rings. The van der Waals surface area contributed by atoms with Crippen LogP contribution in [0.1, 0.15) is 0 Å². The molecular weight excluding hydrogens is 253 g/mol. The van der Waals surface area contributed by atoms with Gasteiger partial charge in [0.05, 0.1) is 7.11 Å². The normalized spacial score (nSPS) is 10.7. The zero-order valence-electron chi connectivity index (χ0n) is 11.1. The van der Waals surface area contributed by atoms with Crippen molar-refractivity contribution in [3.63, 3.8) is 0 Å². The molecule has 0 atom stereocenters. The predicted octanol–water partition coefficient (Wildman–Crippen LogP) is 4.24. The summed E-state index contributed by atoms with van der Waals surface area (Å²) in [4.78, 5) is 0. The van der Waals surface area contributed by atoms with Crippen molar-refractivity contribution in [3.05, 3.63) is 60.4 Å². The molecule has 0 saturated carbocycles. The smallest absolute Gasteiger partial charge is 0.123 e. The van der Waals surface area contributed by atoms with E-state index in [1.54, 1.807) is 13.2 Å². The second-order valence-electron chi connectivity index (χ2n) is 4.66. The predicted molar refractivity (Wildman–Crippen MR) is 80.3 cm³/mol. The Morgan fingerprint density at radius 1 is 0.900 bits per heavy atom. The lowest BCUT2D eigenvalue weighted by molar-refractivity contribution is 0.415. The van der Waals surface area contributed by atoms with Gasteiger partial charge in [-0.15, -0.1) is 0 Å². The number of nitrogens with two attached hydrogens (primary N) is 1. The summed E-state index contributed by atoms with van der Waals surface area (Å²) in [5.41, 5.74) is 8.11. The summed E-state index contributed by atoms with van der Waals surface area (Å²) in [7, 11) is 1.64. The average Bonchev–Trinajstić information content (AvgIpc) is 2.48. The van der Waals surface area contributed by atoms with E-state index in [4.69, 9.17) is 10.5 Å². The van der Waals surface area contributed by atoms with E-state index >= 15 is 0 Å². The van der Waals surface area contributed by atoms with Gasteiger partial charge < -0.3 is 10.5 Å². The van der Waals surface area contributed by atoms with Crippen molar-refractivity contribution in [3.8, 4) is 16.9 Å². The maximum absolute atomic E-state index is 13.4. The summed E-state index contributed by atoms with van der Waals surface area (Å²) in [5, 5.41) is 2.13. The molecular formula is C17H14FNO. The summed E-state index contributed by atoms with van der Waals surface area (Å²) in [6.45, 7) is 0. The number of methoxy groups -OCH3 is 1. The molecule has 3 aromatic rings. The highest BCUT2D eigenvalue weighted by Crippen LogP contribution is 2.30. The molecule has 0 saturated heterocycles. The molecule has 2 N–H and O–H groups in total. The van der Waals surface area contributed by atoms with Crippen molar-refractivity contribution < 1.29 is 9.13 Å². The van der Waals surface area contributed by atoms with Crippen LogP contribution in [0.5, 0.6) is 5.75 Å². The number of halogens is 1. The Labute approximate surface area is 116 Å². The van der Waals surface area contributed by atoms with Crippen LogP contribution in [0.25, 0.3) is 21.9 Å². The first-order valence-electron chi connectivity index (χ1n) is 6.30. The maximum atomic E-state index is 13.4. The maximum Gasteiger partial charge on any atom is 0.123 e. The summed E-state index contributed by atoms with van der Waals surface area (Å²) in [5.74, 6) is 0.527. The van der Waals surface area contributed by atoms with Crippen LogP contribution >= 0.6 is 0 Å². The SMILES string of the molecule is COc1ccc2cc(-c3cc(F)ccc3N)ccc2c1. The van der Waals surface area contributed by atoms with Crippen LogP contribution in [-0.2, 0) is 0 Å². The van der Waals surface area contributed by atoms with E-state index in [-0.39, 0.29) is 5.82 Å². The fraction of sp³-hybridized carbons (Fsp3) is 0.0588. The fourth-order valence-electron chi connectivity index (χ4n) is 2.30. The van der Waals surface area contributed by atoms with Gasteiger partial charge in [-0.25, -0.2) is 4.39 Å². The summed E-state index contributed by atoms with van der Waals surface area (Å²) in [6, 6.07) is 16.2. The largest absolute Gasteiger partial charge is 0.497 e. The molecule has 3 heteroatoms. The number of nitrogen functional groups attached to an aromatic ring is 1. The van der Waals surface area contributed by atoms with Crippen molar-refractivity contribution in [2.75, 3.05) is 12.8 Å². The zero-order chi connectivity index (χ0) is 14.1. The van der Waals surface area contributed by atoms with Crippen molar-refractivity contribution in [2.24, 2.45) is 0 Å². The molecule has 20 heavy (non-hydrogen) atoms. The minimum Gasteiger partial charge on any atom is -0.497 e. The quantitative estimate of drug-likeness (QED) is 0.705. The molecule has 0 aromatic heterocycles. The van der Waals surface area contributed by atoms with E-state index in [1.807, 2.05) is 36.4 Å². The Bertz CT molecular complexity index is 783. The minimum absolute atomic E-state index is 0.288. The molecule has 0 spiro atoms. The number of rotatable bonds is 2. The minimum atomic E-state index is -0.288. The first-order chi connectivity index (χ1) is 9.67. The second-order valence-corrected chi connectivity index (χ2v) is 4.66. The molecule has 0 aliphatic heterocycles. The molecule has 2 nitrogen and oxygen atoms in total. The summed E-state index contributed by atoms with van der Waals surface area (Å²) in [6.07, 6.45) is 0. The Morgan fingerprint density at radius 3 is 2.45 bits per heavy atom. The van der Waals surface area contributed by atoms with E-state index < -0.39 is 0 Å². The van der Waals surface area contributed by atoms with Crippen molar-refractivity contribution in [1.82, 2.24) is 0 Å². The lowest BCUT2D eigenvalue weighted by Crippen LogP contribution is -1.91. The van der Waals surface area contributed by atoms with Crippen LogP contribution in [0.15, 0.2) is 54.6 Å². The number of ether oxygens (including phenoxy) is 1. The number of anilines is 1. The summed E-state index contributed by atoms with van der Waals surface area (Å²) < 4.78 is 18.6. The molecule has 0 radical (unpaired) electrons. The number of benzene rings is 3. The van der Waals surface area contributed by atoms with Crippen molar-refractivity contribution >= 4 is 16.5 Å². The Morgan fingerprint density at radius 2 is 1.65 bits per heavy atom. The van der Waals surface area contributed by atoms with Crippen molar-refractivity contribution in [1.29, 1.82) is 0 Å². The van der Waals surface area contributed by atoms with Crippen LogP contribution in [-0.4, -0.2) is 7.11 Å². The number of fused-ring (bicyclic) bond motifs is 1. The highest BCUT2D eigenvalue weighted by Gasteiger charge is 2.06. The van der Waals surface area contributed by atoms with Crippen LogP contribution in [0.4, 0.5) is 10.1 Å². The van der Waals surface area contributed by atoms with Crippen LogP contribution in [0, 0.1) is 5.82 Å². The van der Waals surface area contributed by atoms with Gasteiger partial charge in [-0.3, -0.25) is 0 Å². The van der Waals surface area contributed by atoms with Gasteiger partial charge >= 0.3 is 0 Å². The monoisotopic (exact) mass is 267 g/mol. The van der Waals surface area contributed by atoms with Gasteiger partial charge in [0.25, 0.3) is 0 Å². The third kappa shape index (κ3) is 2.18. The van der Waals surface area contributed by atoms with Gasteiger partial charge in [0.15, 0.2) is 0 Å². The lowest BCUT2D eigenvalue weighted by Gasteiger charge is -2.08. The van der Waals surface area contributed by atoms with Gasteiger partial charge in [0.2, 0.25) is 0 Å². The van der Waals surface area contributed by atoms with Crippen LogP contribution in [0.3, 0.4) is 0 Å². The van der Waals surface area contributed by atoms with E-state index in [9.17, 15) is 4.39 Å². The third-order valence-corrected chi connectivity index (χ3v) is 3.37. The van der Waals surface area contributed by atoms with E-state index in [2.05, 4.69) is 0 Å². The van der Waals surface area contributed by atoms with Gasteiger partial charge in [-0.1, -0.05) is 18.2 Å². The van der Waals surface area contributed by atoms with Gasteiger partial charge in [0, 0.05) is 11.3 Å². The molecule has 0 amide bonds. The zero-order valence-corrected chi connectivity index (χ0v) is 11.1. The lowest BCUT2D eigenvalue weighted by atomic mass is 10.00. The molecule has 0 unspecified atom stereocenters. The van der Waals surface area contributed by atoms with E-state index in [1.165, 1.54) is 12.1 Å². The van der Waals surface area contributed by atoms with Crippen LogP contribution in [0.2, 0.25) is 0 Å².